The van der Waals surface area contributed by atoms with E-state index < -0.39 is 0 Å². The van der Waals surface area contributed by atoms with Crippen LogP contribution in [-0.4, -0.2) is 33.8 Å². The first-order chi connectivity index (χ1) is 8.24. The van der Waals surface area contributed by atoms with Crippen molar-refractivity contribution in [3.8, 4) is 0 Å². The molecule has 1 aromatic rings. The zero-order valence-electron chi connectivity index (χ0n) is 10.5. The quantitative estimate of drug-likeness (QED) is 0.696. The predicted molar refractivity (Wildman–Crippen MR) is 68.2 cm³/mol. The minimum absolute atomic E-state index is 0.137. The van der Waals surface area contributed by atoms with Crippen molar-refractivity contribution in [1.29, 1.82) is 0 Å². The van der Waals surface area contributed by atoms with E-state index in [0.29, 0.717) is 0 Å². The van der Waals surface area contributed by atoms with Gasteiger partial charge in [-0.15, -0.1) is 0 Å². The number of aromatic nitrogens is 2. The predicted octanol–water partition coefficient (Wildman–Crippen LogP) is 1.41. The molecule has 1 aromatic heterocycles. The van der Waals surface area contributed by atoms with Crippen molar-refractivity contribution in [2.45, 2.75) is 38.6 Å². The molecule has 0 unspecified atom stereocenters. The average molecular weight is 236 g/mol. The summed E-state index contributed by atoms with van der Waals surface area (Å²) >= 11 is 0. The van der Waals surface area contributed by atoms with Gasteiger partial charge in [0.15, 0.2) is 0 Å². The van der Waals surface area contributed by atoms with Crippen LogP contribution in [0.1, 0.15) is 32.3 Å². The van der Waals surface area contributed by atoms with Gasteiger partial charge in [-0.05, 0) is 26.2 Å². The summed E-state index contributed by atoms with van der Waals surface area (Å²) in [6.45, 7) is 5.14. The Hall–Kier alpha value is -1.36. The fourth-order valence-electron chi connectivity index (χ4n) is 1.90. The van der Waals surface area contributed by atoms with Gasteiger partial charge in [0.05, 0.1) is 12.1 Å². The fourth-order valence-corrected chi connectivity index (χ4v) is 1.90. The van der Waals surface area contributed by atoms with E-state index >= 15 is 0 Å². The third-order valence-electron chi connectivity index (χ3n) is 3.18. The molecule has 1 fully saturated rings. The molecule has 5 nitrogen and oxygen atoms in total. The van der Waals surface area contributed by atoms with Crippen molar-refractivity contribution in [3.63, 3.8) is 0 Å². The third kappa shape index (κ3) is 2.49. The molecule has 1 aliphatic rings. The first-order valence-electron chi connectivity index (χ1n) is 6.21. The van der Waals surface area contributed by atoms with Gasteiger partial charge in [0.1, 0.15) is 18.0 Å². The van der Waals surface area contributed by atoms with Crippen molar-refractivity contribution in [3.05, 3.63) is 11.9 Å². The number of aliphatic hydroxyl groups is 1. The second-order valence-electron chi connectivity index (χ2n) is 4.50. The standard InChI is InChI=1S/C12H20N4O/c1-3-9-10(13-4-2)14-8-15-11(9)16-12(7-17)5-6-12/h8,17H,3-7H2,1-2H3,(H2,13,14,15,16). The second kappa shape index (κ2) is 4.87. The molecule has 0 amide bonds. The minimum atomic E-state index is -0.137. The maximum Gasteiger partial charge on any atom is 0.135 e. The summed E-state index contributed by atoms with van der Waals surface area (Å²) in [5.74, 6) is 1.74. The van der Waals surface area contributed by atoms with Crippen LogP contribution in [0.3, 0.4) is 0 Å². The van der Waals surface area contributed by atoms with Crippen LogP contribution in [0.4, 0.5) is 11.6 Å². The van der Waals surface area contributed by atoms with Gasteiger partial charge in [0.2, 0.25) is 0 Å². The molecule has 1 saturated carbocycles. The number of nitrogens with one attached hydrogen (secondary N) is 2. The normalized spacial score (nSPS) is 16.6. The molecule has 0 bridgehead atoms. The van der Waals surface area contributed by atoms with Gasteiger partial charge in [-0.3, -0.25) is 0 Å². The van der Waals surface area contributed by atoms with Crippen molar-refractivity contribution in [1.82, 2.24) is 9.97 Å². The van der Waals surface area contributed by atoms with Crippen LogP contribution in [0.5, 0.6) is 0 Å². The van der Waals surface area contributed by atoms with Crippen LogP contribution < -0.4 is 10.6 Å². The molecule has 0 atom stereocenters. The molecule has 2 rings (SSSR count). The van der Waals surface area contributed by atoms with Crippen molar-refractivity contribution < 1.29 is 5.11 Å². The molecule has 0 spiro atoms. The van der Waals surface area contributed by atoms with E-state index in [4.69, 9.17) is 0 Å². The van der Waals surface area contributed by atoms with Gasteiger partial charge in [-0.1, -0.05) is 6.92 Å². The van der Waals surface area contributed by atoms with E-state index in [0.717, 1.165) is 43.0 Å². The Morgan fingerprint density at radius 3 is 2.53 bits per heavy atom. The maximum atomic E-state index is 9.33. The first kappa shape index (κ1) is 12.1. The molecule has 17 heavy (non-hydrogen) atoms. The van der Waals surface area contributed by atoms with Gasteiger partial charge in [-0.25, -0.2) is 9.97 Å². The maximum absolute atomic E-state index is 9.33. The van der Waals surface area contributed by atoms with Crippen molar-refractivity contribution >= 4 is 11.6 Å². The summed E-state index contributed by atoms with van der Waals surface area (Å²) in [6.07, 6.45) is 4.44. The molecular weight excluding hydrogens is 216 g/mol. The Morgan fingerprint density at radius 1 is 1.29 bits per heavy atom. The van der Waals surface area contributed by atoms with Crippen LogP contribution >= 0.6 is 0 Å². The molecule has 0 aromatic carbocycles. The zero-order chi connectivity index (χ0) is 12.3. The highest BCUT2D eigenvalue weighted by molar-refractivity contribution is 5.59. The third-order valence-corrected chi connectivity index (χ3v) is 3.18. The number of hydrogen-bond donors (Lipinski definition) is 3. The Bertz CT molecular complexity index is 390. The molecule has 5 heteroatoms. The van der Waals surface area contributed by atoms with E-state index in [9.17, 15) is 5.11 Å². The molecule has 3 N–H and O–H groups in total. The van der Waals surface area contributed by atoms with Gasteiger partial charge in [0.25, 0.3) is 0 Å². The summed E-state index contributed by atoms with van der Waals surface area (Å²) < 4.78 is 0. The lowest BCUT2D eigenvalue weighted by atomic mass is 10.2. The second-order valence-corrected chi connectivity index (χ2v) is 4.50. The topological polar surface area (TPSA) is 70.1 Å². The highest BCUT2D eigenvalue weighted by Gasteiger charge is 2.42. The van der Waals surface area contributed by atoms with Gasteiger partial charge >= 0.3 is 0 Å². The van der Waals surface area contributed by atoms with E-state index in [1.54, 1.807) is 6.33 Å². The lowest BCUT2D eigenvalue weighted by Gasteiger charge is -2.19. The van der Waals surface area contributed by atoms with Gasteiger partial charge < -0.3 is 15.7 Å². The molecule has 0 radical (unpaired) electrons. The lowest BCUT2D eigenvalue weighted by Crippen LogP contribution is -2.27. The molecule has 0 aliphatic heterocycles. The van der Waals surface area contributed by atoms with Crippen molar-refractivity contribution in [2.24, 2.45) is 0 Å². The molecule has 0 saturated heterocycles. The number of hydrogen-bond acceptors (Lipinski definition) is 5. The van der Waals surface area contributed by atoms with E-state index in [-0.39, 0.29) is 12.1 Å². The summed E-state index contributed by atoms with van der Waals surface area (Å²) in [4.78, 5) is 8.54. The minimum Gasteiger partial charge on any atom is -0.394 e. The molecular formula is C12H20N4O. The lowest BCUT2D eigenvalue weighted by molar-refractivity contribution is 0.266. The molecule has 1 aliphatic carbocycles. The zero-order valence-corrected chi connectivity index (χ0v) is 10.5. The van der Waals surface area contributed by atoms with Crippen LogP contribution in [-0.2, 0) is 6.42 Å². The fraction of sp³-hybridized carbons (Fsp3) is 0.667. The number of rotatable bonds is 6. The summed E-state index contributed by atoms with van der Waals surface area (Å²) in [6, 6.07) is 0. The van der Waals surface area contributed by atoms with Gasteiger partial charge in [-0.2, -0.15) is 0 Å². The highest BCUT2D eigenvalue weighted by atomic mass is 16.3. The van der Waals surface area contributed by atoms with Crippen LogP contribution in [0.2, 0.25) is 0 Å². The van der Waals surface area contributed by atoms with Crippen LogP contribution in [0, 0.1) is 0 Å². The van der Waals surface area contributed by atoms with Gasteiger partial charge in [0, 0.05) is 12.1 Å². The smallest absolute Gasteiger partial charge is 0.135 e. The summed E-state index contributed by atoms with van der Waals surface area (Å²) in [5.41, 5.74) is 0.955. The summed E-state index contributed by atoms with van der Waals surface area (Å²) in [7, 11) is 0. The number of nitrogens with zero attached hydrogens (tertiary/aromatic N) is 2. The number of anilines is 2. The Kier molecular flexibility index (Phi) is 3.47. The molecule has 94 valence electrons. The Labute approximate surface area is 102 Å². The summed E-state index contributed by atoms with van der Waals surface area (Å²) in [5, 5.41) is 15.9. The van der Waals surface area contributed by atoms with Crippen molar-refractivity contribution in [2.75, 3.05) is 23.8 Å². The van der Waals surface area contributed by atoms with E-state index in [1.807, 2.05) is 6.92 Å². The highest BCUT2D eigenvalue weighted by Crippen LogP contribution is 2.39. The first-order valence-corrected chi connectivity index (χ1v) is 6.21. The molecule has 1 heterocycles. The van der Waals surface area contributed by atoms with E-state index in [1.165, 1.54) is 0 Å². The van der Waals surface area contributed by atoms with E-state index in [2.05, 4.69) is 27.5 Å². The largest absolute Gasteiger partial charge is 0.394 e. The SMILES string of the molecule is CCNc1ncnc(NC2(CO)CC2)c1CC. The van der Waals surface area contributed by atoms with Crippen LogP contribution in [0.15, 0.2) is 6.33 Å². The average Bonchev–Trinajstić information content (AvgIpc) is 3.10. The Morgan fingerprint density at radius 2 is 2.00 bits per heavy atom. The monoisotopic (exact) mass is 236 g/mol. The number of aliphatic hydroxyl groups excluding tert-OH is 1. The van der Waals surface area contributed by atoms with Crippen LogP contribution in [0.25, 0.3) is 0 Å². The Balaban J connectivity index is 2.23.